The Morgan fingerprint density at radius 2 is 1.92 bits per heavy atom. The summed E-state index contributed by atoms with van der Waals surface area (Å²) in [6.45, 7) is -0.456. The van der Waals surface area contributed by atoms with Gasteiger partial charge in [0.1, 0.15) is 0 Å². The topological polar surface area (TPSA) is 41.6 Å². The van der Waals surface area contributed by atoms with Gasteiger partial charge in [-0.3, -0.25) is 9.10 Å². The third-order valence-corrected chi connectivity index (χ3v) is 6.18. The maximum Gasteiger partial charge on any atom is 0.396 e. The predicted octanol–water partition coefficient (Wildman–Crippen LogP) is 5.20. The summed E-state index contributed by atoms with van der Waals surface area (Å²) in [5.74, 6) is -7.60. The monoisotopic (exact) mass is 516 g/mol. The molecule has 0 aliphatic carbocycles. The van der Waals surface area contributed by atoms with Crippen molar-refractivity contribution in [3.8, 4) is 5.75 Å². The number of amides is 1. The first-order chi connectivity index (χ1) is 11.5. The van der Waals surface area contributed by atoms with Gasteiger partial charge in [0.25, 0.3) is 5.24 Å². The molecule has 0 radical (unpaired) electrons. The van der Waals surface area contributed by atoms with Gasteiger partial charge in [-0.1, -0.05) is 0 Å². The number of nitrogens with one attached hydrogen (secondary N) is 1. The molecule has 2 atom stereocenters. The molecule has 2 unspecified atom stereocenters. The van der Waals surface area contributed by atoms with Gasteiger partial charge in [-0.2, -0.15) is 17.6 Å². The summed E-state index contributed by atoms with van der Waals surface area (Å²) in [5.41, 5.74) is -0.877. The number of hydrogen-bond donors (Lipinski definition) is 1. The van der Waals surface area contributed by atoms with Crippen LogP contribution in [0.2, 0.25) is 0 Å². The fourth-order valence-electron chi connectivity index (χ4n) is 1.99. The van der Waals surface area contributed by atoms with Gasteiger partial charge >= 0.3 is 6.18 Å². The third kappa shape index (κ3) is 3.98. The number of anilines is 1. The van der Waals surface area contributed by atoms with Gasteiger partial charge in [-0.15, -0.1) is 0 Å². The molecular weight excluding hydrogens is 510 g/mol. The molecule has 0 spiro atoms. The highest BCUT2D eigenvalue weighted by atomic mass is 79.9. The first-order valence-corrected chi connectivity index (χ1v) is 8.99. The Hall–Kier alpha value is -0.790. The lowest BCUT2D eigenvalue weighted by Crippen LogP contribution is -2.28. The normalized spacial score (nSPS) is 21.2. The molecule has 140 valence electrons. The first-order valence-electron chi connectivity index (χ1n) is 6.30. The summed E-state index contributed by atoms with van der Waals surface area (Å²) in [5, 5.41) is 1.64. The second-order valence-corrected chi connectivity index (χ2v) is 7.87. The van der Waals surface area contributed by atoms with E-state index in [1.165, 1.54) is 7.05 Å². The number of benzene rings is 1. The van der Waals surface area contributed by atoms with Crippen molar-refractivity contribution in [2.45, 2.75) is 6.18 Å². The van der Waals surface area contributed by atoms with Crippen LogP contribution >= 0.6 is 42.9 Å². The molecule has 0 aromatic heterocycles. The van der Waals surface area contributed by atoms with E-state index in [4.69, 9.17) is 0 Å². The minimum atomic E-state index is -4.53. The molecular formula is C12H8Br2F6N2O2S. The molecule has 1 aromatic rings. The number of halogens is 8. The molecule has 1 N–H and O–H groups in total. The molecule has 13 heteroatoms. The zero-order valence-corrected chi connectivity index (χ0v) is 16.0. The number of carbonyl (C=O) groups is 1. The van der Waals surface area contributed by atoms with Crippen LogP contribution in [0.25, 0.3) is 0 Å². The van der Waals surface area contributed by atoms with Crippen LogP contribution in [0.4, 0.5) is 36.8 Å². The molecule has 0 bridgehead atoms. The van der Waals surface area contributed by atoms with Crippen LogP contribution in [0.15, 0.2) is 4.47 Å². The molecule has 0 fully saturated rings. The maximum atomic E-state index is 14.0. The Kier molecular flexibility index (Phi) is 6.11. The smallest absolute Gasteiger partial charge is 0.396 e. The molecule has 0 saturated carbocycles. The van der Waals surface area contributed by atoms with Crippen molar-refractivity contribution < 1.29 is 35.0 Å². The number of carbonyl (C=O) groups excluding carboxylic acids is 1. The van der Waals surface area contributed by atoms with Gasteiger partial charge in [-0.25, -0.2) is 8.78 Å². The van der Waals surface area contributed by atoms with Crippen molar-refractivity contribution in [3.63, 3.8) is 0 Å². The largest absolute Gasteiger partial charge is 0.412 e. The molecule has 4 nitrogen and oxygen atoms in total. The predicted molar refractivity (Wildman–Crippen MR) is 88.4 cm³/mol. The molecule has 1 heterocycles. The van der Waals surface area contributed by atoms with E-state index in [2.05, 4.69) is 36.0 Å². The summed E-state index contributed by atoms with van der Waals surface area (Å²) in [6.07, 6.45) is -4.53. The van der Waals surface area contributed by atoms with Crippen LogP contribution in [0.5, 0.6) is 5.75 Å². The van der Waals surface area contributed by atoms with E-state index in [9.17, 15) is 31.1 Å². The van der Waals surface area contributed by atoms with E-state index in [0.717, 1.165) is 9.67 Å². The van der Waals surface area contributed by atoms with Gasteiger partial charge < -0.3 is 9.15 Å². The fourth-order valence-corrected chi connectivity index (χ4v) is 4.42. The second kappa shape index (κ2) is 7.45. The van der Waals surface area contributed by atoms with Crippen LogP contribution in [0, 0.1) is 23.4 Å². The number of rotatable bonds is 2. The fraction of sp³-hybridized carbons (Fsp3) is 0.333. The van der Waals surface area contributed by atoms with Crippen LogP contribution in [-0.4, -0.2) is 34.7 Å². The van der Waals surface area contributed by atoms with Gasteiger partial charge in [0.05, 0.1) is 16.1 Å². The average Bonchev–Trinajstić information content (AvgIpc) is 2.92. The maximum absolute atomic E-state index is 14.0. The summed E-state index contributed by atoms with van der Waals surface area (Å²) in [7, 11) is -0.388. The van der Waals surface area contributed by atoms with Gasteiger partial charge in [0.2, 0.25) is 11.6 Å². The molecule has 1 aliphatic rings. The highest BCUT2D eigenvalue weighted by Gasteiger charge is 2.43. The highest BCUT2D eigenvalue weighted by Crippen LogP contribution is 2.41. The SMILES string of the molecule is CN1CC(C(F)(F)F)C=S1C(=O)Nc1c(F)c(F)c(OBr)c(F)c1Br. The highest BCUT2D eigenvalue weighted by molar-refractivity contribution is 9.10. The zero-order valence-electron chi connectivity index (χ0n) is 12.1. The molecule has 0 saturated heterocycles. The van der Waals surface area contributed by atoms with E-state index < -0.39 is 67.9 Å². The zero-order chi connectivity index (χ0) is 19.1. The lowest BCUT2D eigenvalue weighted by atomic mass is 10.2. The Morgan fingerprint density at radius 1 is 1.32 bits per heavy atom. The lowest BCUT2D eigenvalue weighted by Gasteiger charge is -2.17. The van der Waals surface area contributed by atoms with Crippen LogP contribution < -0.4 is 9.15 Å². The van der Waals surface area contributed by atoms with E-state index in [-0.39, 0.29) is 0 Å². The Bertz CT molecular complexity index is 729. The number of hydrogen-bond acceptors (Lipinski definition) is 3. The van der Waals surface area contributed by atoms with E-state index in [0.29, 0.717) is 0 Å². The summed E-state index contributed by atoms with van der Waals surface area (Å²) in [6, 6.07) is 0. The van der Waals surface area contributed by atoms with Crippen LogP contribution in [-0.2, 0) is 0 Å². The van der Waals surface area contributed by atoms with Crippen molar-refractivity contribution >= 4 is 59.2 Å². The van der Waals surface area contributed by atoms with E-state index in [1.54, 1.807) is 0 Å². The average molecular weight is 518 g/mol. The van der Waals surface area contributed by atoms with Crippen molar-refractivity contribution in [2.24, 2.45) is 5.92 Å². The number of alkyl halides is 3. The van der Waals surface area contributed by atoms with Crippen molar-refractivity contribution in [1.29, 1.82) is 0 Å². The summed E-state index contributed by atoms with van der Waals surface area (Å²) >= 11 is 4.97. The lowest BCUT2D eigenvalue weighted by molar-refractivity contribution is -0.153. The van der Waals surface area contributed by atoms with Gasteiger partial charge in [-0.05, 0) is 39.0 Å². The molecule has 1 aliphatic heterocycles. The second-order valence-electron chi connectivity index (χ2n) is 4.86. The van der Waals surface area contributed by atoms with Crippen molar-refractivity contribution in [1.82, 2.24) is 4.31 Å². The van der Waals surface area contributed by atoms with Crippen LogP contribution in [0.1, 0.15) is 0 Å². The van der Waals surface area contributed by atoms with Gasteiger partial charge in [0, 0.05) is 6.54 Å². The minimum absolute atomic E-state index is 0.456. The van der Waals surface area contributed by atoms with Crippen LogP contribution in [0.3, 0.4) is 0 Å². The number of nitrogens with zero attached hydrogens (tertiary/aromatic N) is 1. The molecule has 25 heavy (non-hydrogen) atoms. The first kappa shape index (κ1) is 20.5. The Balaban J connectivity index is 2.36. The molecule has 2 rings (SSSR count). The molecule has 1 amide bonds. The summed E-state index contributed by atoms with van der Waals surface area (Å²) < 4.78 is 84.5. The quantitative estimate of drug-likeness (QED) is 0.333. The summed E-state index contributed by atoms with van der Waals surface area (Å²) in [4.78, 5) is 12.2. The standard InChI is InChI=1S/C12H8Br2F6N2O2S/c1-22-2-4(12(18,19)20)3-25(22)11(23)21-9-5(13)6(15)10(24-14)8(17)7(9)16/h3-4H,2H2,1H3,(H,21,23). The van der Waals surface area contributed by atoms with E-state index >= 15 is 0 Å². The Morgan fingerprint density at radius 3 is 2.40 bits per heavy atom. The molecule has 1 aromatic carbocycles. The van der Waals surface area contributed by atoms with Gasteiger partial charge in [0.15, 0.2) is 27.9 Å². The van der Waals surface area contributed by atoms with Crippen molar-refractivity contribution in [3.05, 3.63) is 21.9 Å². The van der Waals surface area contributed by atoms with Crippen molar-refractivity contribution in [2.75, 3.05) is 18.9 Å². The minimum Gasteiger partial charge on any atom is -0.412 e. The third-order valence-electron chi connectivity index (χ3n) is 3.22. The van der Waals surface area contributed by atoms with E-state index in [1.807, 2.05) is 5.32 Å². The Labute approximate surface area is 157 Å².